The fourth-order valence-electron chi connectivity index (χ4n) is 3.44. The van der Waals surface area contributed by atoms with E-state index in [4.69, 9.17) is 17.7 Å². The summed E-state index contributed by atoms with van der Waals surface area (Å²) in [6.07, 6.45) is 1.04. The second kappa shape index (κ2) is 9.44. The van der Waals surface area contributed by atoms with Gasteiger partial charge in [0, 0.05) is 6.42 Å². The van der Waals surface area contributed by atoms with Crippen molar-refractivity contribution < 1.29 is 30.9 Å². The molecule has 0 fully saturated rings. The molecule has 0 saturated carbocycles. The normalized spacial score (nSPS) is 18.3. The second-order valence-electron chi connectivity index (χ2n) is 7.65. The second-order valence-corrected chi connectivity index (χ2v) is 9.06. The van der Waals surface area contributed by atoms with Crippen molar-refractivity contribution in [2.75, 3.05) is 0 Å². The molecule has 0 aliphatic carbocycles. The highest BCUT2D eigenvalue weighted by atomic mass is 32.2. The topological polar surface area (TPSA) is 63.6 Å². The molecule has 4 rings (SSSR count). The van der Waals surface area contributed by atoms with E-state index in [2.05, 4.69) is 86.6 Å². The maximum absolute atomic E-state index is 10.7. The van der Waals surface area contributed by atoms with E-state index in [-0.39, 0.29) is 12.2 Å². The van der Waals surface area contributed by atoms with Crippen LogP contribution in [0.4, 0.5) is 13.2 Å². The predicted octanol–water partition coefficient (Wildman–Crippen LogP) is 6.10. The van der Waals surface area contributed by atoms with Crippen LogP contribution >= 0.6 is 0 Å². The van der Waals surface area contributed by atoms with Crippen LogP contribution in [0.1, 0.15) is 45.6 Å². The van der Waals surface area contributed by atoms with E-state index < -0.39 is 15.6 Å². The molecule has 1 aliphatic rings. The number of hydrogen-bond donors (Lipinski definition) is 1. The van der Waals surface area contributed by atoms with E-state index >= 15 is 0 Å². The molecule has 8 heteroatoms. The molecule has 1 aliphatic heterocycles. The number of halogens is 3. The van der Waals surface area contributed by atoms with Gasteiger partial charge in [-0.3, -0.25) is 4.55 Å². The number of fused-ring (bicyclic) bond motifs is 1. The molecule has 1 heterocycles. The predicted molar refractivity (Wildman–Crippen MR) is 116 cm³/mol. The van der Waals surface area contributed by atoms with Crippen LogP contribution < -0.4 is 0 Å². The highest BCUT2D eigenvalue weighted by Crippen LogP contribution is 2.40. The van der Waals surface area contributed by atoms with Crippen molar-refractivity contribution in [1.82, 2.24) is 0 Å². The average molecular weight is 465 g/mol. The lowest BCUT2D eigenvalue weighted by atomic mass is 9.88. The quantitative estimate of drug-likeness (QED) is 0.368. The summed E-state index contributed by atoms with van der Waals surface area (Å²) in [5.41, 5.74) is 2.19. The third-order valence-electron chi connectivity index (χ3n) is 5.16. The summed E-state index contributed by atoms with van der Waals surface area (Å²) in [6, 6.07) is 26.1. The lowest BCUT2D eigenvalue weighted by molar-refractivity contribution is -0.0510. The van der Waals surface area contributed by atoms with Gasteiger partial charge in [-0.2, -0.15) is 21.6 Å². The Morgan fingerprint density at radius 1 is 0.844 bits per heavy atom. The number of rotatable bonds is 2. The summed E-state index contributed by atoms with van der Waals surface area (Å²) < 4.78 is 64.1. The monoisotopic (exact) mass is 464 g/mol. The van der Waals surface area contributed by atoms with Gasteiger partial charge in [-0.15, -0.1) is 0 Å². The zero-order valence-electron chi connectivity index (χ0n) is 17.5. The smallest absolute Gasteiger partial charge is 0.361 e. The Labute approximate surface area is 185 Å². The Hall–Kier alpha value is -2.68. The first-order chi connectivity index (χ1) is 15.0. The van der Waals surface area contributed by atoms with Crippen molar-refractivity contribution in [2.45, 2.75) is 38.0 Å². The molecule has 170 valence electrons. The van der Waals surface area contributed by atoms with E-state index in [1.807, 2.05) is 0 Å². The van der Waals surface area contributed by atoms with Crippen molar-refractivity contribution >= 4 is 10.1 Å². The van der Waals surface area contributed by atoms with Crippen LogP contribution in [0.25, 0.3) is 0 Å². The average Bonchev–Trinajstić information content (AvgIpc) is 2.73. The molecule has 0 aromatic heterocycles. The fraction of sp³-hybridized carbons (Fsp3) is 0.250. The third-order valence-corrected chi connectivity index (χ3v) is 5.75. The van der Waals surface area contributed by atoms with Crippen LogP contribution in [0.15, 0.2) is 72.8 Å². The molecule has 0 saturated heterocycles. The molecule has 3 aromatic carbocycles. The summed E-state index contributed by atoms with van der Waals surface area (Å²) >= 11 is 0. The molecule has 1 N–H and O–H groups in total. The summed E-state index contributed by atoms with van der Waals surface area (Å²) in [7, 11) is -5.84. The van der Waals surface area contributed by atoms with Crippen LogP contribution in [0.3, 0.4) is 0 Å². The van der Waals surface area contributed by atoms with Gasteiger partial charge in [0.05, 0.1) is 6.10 Å². The fourth-order valence-corrected chi connectivity index (χ4v) is 3.44. The van der Waals surface area contributed by atoms with Crippen molar-refractivity contribution in [3.8, 4) is 0 Å². The number of aryl methyl sites for hydroxylation is 2. The van der Waals surface area contributed by atoms with Crippen LogP contribution in [0.2, 0.25) is 0 Å². The summed E-state index contributed by atoms with van der Waals surface area (Å²) in [5, 5.41) is 0. The number of ether oxygens (including phenoxy) is 1. The van der Waals surface area contributed by atoms with Gasteiger partial charge < -0.3 is 4.74 Å². The molecular formula is C24H23F3O4S. The van der Waals surface area contributed by atoms with Crippen LogP contribution in [-0.2, 0) is 21.3 Å². The van der Waals surface area contributed by atoms with E-state index in [0.29, 0.717) is 0 Å². The largest absolute Gasteiger partial charge is 0.522 e. The van der Waals surface area contributed by atoms with Crippen LogP contribution in [-0.4, -0.2) is 18.5 Å². The molecule has 3 aromatic rings. The number of hydrogen-bond acceptors (Lipinski definition) is 3. The van der Waals surface area contributed by atoms with E-state index in [0.717, 1.165) is 6.42 Å². The van der Waals surface area contributed by atoms with E-state index in [1.54, 1.807) is 0 Å². The first kappa shape index (κ1) is 24.0. The minimum absolute atomic E-state index is 0.00172. The minimum Gasteiger partial charge on any atom is -0.361 e. The molecule has 4 nitrogen and oxygen atoms in total. The molecule has 0 bridgehead atoms. The number of alkyl halides is 3. The van der Waals surface area contributed by atoms with Crippen molar-refractivity contribution in [2.24, 2.45) is 0 Å². The Balaban J connectivity index is 0.000000312. The number of benzene rings is 3. The van der Waals surface area contributed by atoms with Crippen molar-refractivity contribution in [1.29, 1.82) is 0 Å². The highest BCUT2D eigenvalue weighted by molar-refractivity contribution is 7.86. The molecule has 0 amide bonds. The molecule has 32 heavy (non-hydrogen) atoms. The Morgan fingerprint density at radius 3 is 1.81 bits per heavy atom. The van der Waals surface area contributed by atoms with Crippen molar-refractivity contribution in [3.63, 3.8) is 0 Å². The van der Waals surface area contributed by atoms with Gasteiger partial charge in [0.2, 0.25) is 0 Å². The zero-order valence-corrected chi connectivity index (χ0v) is 18.3. The summed E-state index contributed by atoms with van der Waals surface area (Å²) in [5.74, 6) is 0. The zero-order chi connectivity index (χ0) is 23.5. The molecule has 0 radical (unpaired) electrons. The van der Waals surface area contributed by atoms with Gasteiger partial charge in [-0.05, 0) is 36.1 Å². The first-order valence-corrected chi connectivity index (χ1v) is 11.3. The van der Waals surface area contributed by atoms with Crippen LogP contribution in [0, 0.1) is 13.8 Å². The van der Waals surface area contributed by atoms with E-state index in [9.17, 15) is 13.2 Å². The molecule has 0 spiro atoms. The Kier molecular flexibility index (Phi) is 7.07. The molecular weight excluding hydrogens is 441 g/mol. The minimum atomic E-state index is -5.84. The van der Waals surface area contributed by atoms with Gasteiger partial charge in [-0.1, -0.05) is 83.9 Å². The van der Waals surface area contributed by atoms with Crippen molar-refractivity contribution in [3.05, 3.63) is 106 Å². The molecule has 2 atom stereocenters. The van der Waals surface area contributed by atoms with Gasteiger partial charge in [0.25, 0.3) is 0 Å². The lowest BCUT2D eigenvalue weighted by Gasteiger charge is -2.33. The standard InChI is InChI=1S/C23H22O.CHF3O3S/c1-16-7-11-18(12-8-16)22-15-20-5-3-4-6-21(20)23(24-22)19-13-9-17(2)10-14-19;2-1(3,4)8(5,6)7/h3-14,22-23H,15H2,1-2H3;(H,5,6,7). The van der Waals surface area contributed by atoms with Crippen LogP contribution in [0.5, 0.6) is 0 Å². The maximum Gasteiger partial charge on any atom is 0.522 e. The van der Waals surface area contributed by atoms with Gasteiger partial charge >= 0.3 is 15.6 Å². The summed E-state index contributed by atoms with van der Waals surface area (Å²) in [6.45, 7) is 4.24. The highest BCUT2D eigenvalue weighted by Gasteiger charge is 2.44. The maximum atomic E-state index is 10.7. The molecule has 2 unspecified atom stereocenters. The van der Waals surface area contributed by atoms with Gasteiger partial charge in [0.1, 0.15) is 6.10 Å². The summed E-state index contributed by atoms with van der Waals surface area (Å²) in [4.78, 5) is 0. The lowest BCUT2D eigenvalue weighted by Crippen LogP contribution is -2.21. The third kappa shape index (κ3) is 5.76. The van der Waals surface area contributed by atoms with Gasteiger partial charge in [-0.25, -0.2) is 0 Å². The SMILES string of the molecule is Cc1ccc(C2Cc3ccccc3C(c3ccc(C)cc3)O2)cc1.O=S(=O)(O)C(F)(F)F. The van der Waals surface area contributed by atoms with E-state index in [1.165, 1.54) is 33.4 Å². The Bertz CT molecular complexity index is 1160. The van der Waals surface area contributed by atoms with Gasteiger partial charge in [0.15, 0.2) is 0 Å². The first-order valence-electron chi connectivity index (χ1n) is 9.86. The Morgan fingerprint density at radius 2 is 1.31 bits per heavy atom.